The van der Waals surface area contributed by atoms with E-state index in [0.29, 0.717) is 5.92 Å². The van der Waals surface area contributed by atoms with Crippen LogP contribution in [0.1, 0.15) is 23.2 Å². The summed E-state index contributed by atoms with van der Waals surface area (Å²) in [4.78, 5) is 10.6. The fraction of sp³-hybridized carbons (Fsp3) is 0.600. The number of aromatic carboxylic acids is 1. The molecule has 17 heavy (non-hydrogen) atoms. The number of halogens is 2. The predicted molar refractivity (Wildman–Crippen MR) is 69.3 cm³/mol. The average Bonchev–Trinajstić information content (AvgIpc) is 2.68. The van der Waals surface area contributed by atoms with Crippen LogP contribution < -0.4 is 5.32 Å². The number of hydrogen-bond donors (Lipinski definition) is 2. The van der Waals surface area contributed by atoms with Crippen LogP contribution >= 0.6 is 24.8 Å². The highest BCUT2D eigenvalue weighted by atomic mass is 35.5. The smallest absolute Gasteiger partial charge is 0.338 e. The van der Waals surface area contributed by atoms with Gasteiger partial charge in [0.05, 0.1) is 11.8 Å². The summed E-state index contributed by atoms with van der Waals surface area (Å²) in [6.45, 7) is 2.93. The summed E-state index contributed by atoms with van der Waals surface area (Å²) in [5, 5.41) is 16.1. The van der Waals surface area contributed by atoms with E-state index in [2.05, 4.69) is 10.4 Å². The molecule has 98 valence electrons. The molecule has 1 aliphatic rings. The second kappa shape index (κ2) is 7.53. The number of carbonyl (C=O) groups is 1. The number of rotatable bonds is 3. The molecular formula is C10H17Cl2N3O2. The van der Waals surface area contributed by atoms with Gasteiger partial charge in [-0.3, -0.25) is 4.68 Å². The Morgan fingerprint density at radius 2 is 2.12 bits per heavy atom. The summed E-state index contributed by atoms with van der Waals surface area (Å²) >= 11 is 0. The Balaban J connectivity index is 0.00000128. The molecule has 0 unspecified atom stereocenters. The minimum atomic E-state index is -0.911. The fourth-order valence-corrected chi connectivity index (χ4v) is 1.90. The number of aromatic nitrogens is 2. The van der Waals surface area contributed by atoms with E-state index in [0.717, 1.165) is 32.5 Å². The van der Waals surface area contributed by atoms with Gasteiger partial charge in [0.2, 0.25) is 0 Å². The summed E-state index contributed by atoms with van der Waals surface area (Å²) in [5.74, 6) is -0.292. The number of carboxylic acids is 1. The van der Waals surface area contributed by atoms with Gasteiger partial charge >= 0.3 is 5.97 Å². The van der Waals surface area contributed by atoms with Gasteiger partial charge in [-0.05, 0) is 31.8 Å². The number of piperidine rings is 1. The Kier molecular flexibility index (Phi) is 7.18. The van der Waals surface area contributed by atoms with Gasteiger partial charge in [0, 0.05) is 12.7 Å². The third-order valence-corrected chi connectivity index (χ3v) is 2.78. The first kappa shape index (κ1) is 16.2. The van der Waals surface area contributed by atoms with Crippen molar-refractivity contribution in [1.82, 2.24) is 15.1 Å². The van der Waals surface area contributed by atoms with Gasteiger partial charge in [-0.15, -0.1) is 24.8 Å². The summed E-state index contributed by atoms with van der Waals surface area (Å²) in [5.41, 5.74) is 0.268. The zero-order chi connectivity index (χ0) is 10.7. The maximum Gasteiger partial charge on any atom is 0.338 e. The molecule has 0 spiro atoms. The van der Waals surface area contributed by atoms with Crippen LogP contribution in [0.3, 0.4) is 0 Å². The van der Waals surface area contributed by atoms with E-state index in [4.69, 9.17) is 5.11 Å². The Bertz CT molecular complexity index is 351. The van der Waals surface area contributed by atoms with E-state index < -0.39 is 5.97 Å². The highest BCUT2D eigenvalue weighted by Gasteiger charge is 2.14. The van der Waals surface area contributed by atoms with Gasteiger partial charge in [-0.2, -0.15) is 5.10 Å². The van der Waals surface area contributed by atoms with Crippen molar-refractivity contribution in [1.29, 1.82) is 0 Å². The maximum atomic E-state index is 10.6. The van der Waals surface area contributed by atoms with Crippen LogP contribution in [-0.2, 0) is 6.54 Å². The van der Waals surface area contributed by atoms with Crippen molar-refractivity contribution in [2.45, 2.75) is 19.4 Å². The Morgan fingerprint density at radius 1 is 1.47 bits per heavy atom. The van der Waals surface area contributed by atoms with Crippen LogP contribution in [0.4, 0.5) is 0 Å². The lowest BCUT2D eigenvalue weighted by atomic mass is 9.98. The molecule has 5 nitrogen and oxygen atoms in total. The van der Waals surface area contributed by atoms with Crippen LogP contribution in [0.25, 0.3) is 0 Å². The van der Waals surface area contributed by atoms with Gasteiger partial charge in [-0.1, -0.05) is 0 Å². The number of nitrogens with one attached hydrogen (secondary N) is 1. The molecule has 0 aromatic carbocycles. The van der Waals surface area contributed by atoms with E-state index in [9.17, 15) is 4.79 Å². The molecule has 1 aromatic heterocycles. The summed E-state index contributed by atoms with van der Waals surface area (Å²) < 4.78 is 1.74. The van der Waals surface area contributed by atoms with E-state index in [1.807, 2.05) is 0 Å². The van der Waals surface area contributed by atoms with Crippen molar-refractivity contribution < 1.29 is 9.90 Å². The molecule has 0 aliphatic carbocycles. The van der Waals surface area contributed by atoms with E-state index in [1.165, 1.54) is 6.20 Å². The van der Waals surface area contributed by atoms with Crippen molar-refractivity contribution >= 4 is 30.8 Å². The van der Waals surface area contributed by atoms with Gasteiger partial charge in [0.1, 0.15) is 0 Å². The van der Waals surface area contributed by atoms with Crippen LogP contribution in [-0.4, -0.2) is 33.9 Å². The maximum absolute atomic E-state index is 10.6. The predicted octanol–water partition coefficient (Wildman–Crippen LogP) is 1.42. The molecule has 0 bridgehead atoms. The average molecular weight is 282 g/mol. The standard InChI is InChI=1S/C10H15N3O2.2ClH/c14-10(15)9-5-12-13(7-9)6-8-1-3-11-4-2-8;;/h5,7-8,11H,1-4,6H2,(H,14,15);2*1H. The highest BCUT2D eigenvalue weighted by molar-refractivity contribution is 5.86. The summed E-state index contributed by atoms with van der Waals surface area (Å²) in [6, 6.07) is 0. The molecule has 1 saturated heterocycles. The SMILES string of the molecule is Cl.Cl.O=C(O)c1cnn(CC2CCNCC2)c1. The molecule has 0 saturated carbocycles. The minimum Gasteiger partial charge on any atom is -0.478 e. The number of hydrogen-bond acceptors (Lipinski definition) is 3. The normalized spacial score (nSPS) is 15.8. The molecule has 1 aliphatic heterocycles. The van der Waals surface area contributed by atoms with Crippen LogP contribution in [0.5, 0.6) is 0 Å². The van der Waals surface area contributed by atoms with Gasteiger partial charge in [0.15, 0.2) is 0 Å². The third-order valence-electron chi connectivity index (χ3n) is 2.78. The molecule has 2 N–H and O–H groups in total. The van der Waals surface area contributed by atoms with E-state index in [-0.39, 0.29) is 30.4 Å². The second-order valence-electron chi connectivity index (χ2n) is 3.95. The molecule has 7 heteroatoms. The molecule has 2 rings (SSSR count). The quantitative estimate of drug-likeness (QED) is 0.880. The molecule has 0 atom stereocenters. The third kappa shape index (κ3) is 4.53. The molecule has 2 heterocycles. The van der Waals surface area contributed by atoms with Crippen LogP contribution in [0, 0.1) is 5.92 Å². The Morgan fingerprint density at radius 3 is 2.65 bits per heavy atom. The Labute approximate surface area is 112 Å². The lowest BCUT2D eigenvalue weighted by Gasteiger charge is -2.22. The second-order valence-corrected chi connectivity index (χ2v) is 3.95. The van der Waals surface area contributed by atoms with E-state index in [1.54, 1.807) is 10.9 Å². The first-order valence-electron chi connectivity index (χ1n) is 5.22. The van der Waals surface area contributed by atoms with Crippen LogP contribution in [0.2, 0.25) is 0 Å². The molecule has 0 radical (unpaired) electrons. The molecule has 0 amide bonds. The number of nitrogens with zero attached hydrogens (tertiary/aromatic N) is 2. The minimum absolute atomic E-state index is 0. The fourth-order valence-electron chi connectivity index (χ4n) is 1.90. The van der Waals surface area contributed by atoms with Crippen molar-refractivity contribution in [3.05, 3.63) is 18.0 Å². The number of carboxylic acid groups (broad SMARTS) is 1. The summed E-state index contributed by atoms with van der Waals surface area (Å²) in [6.07, 6.45) is 5.29. The first-order valence-corrected chi connectivity index (χ1v) is 5.22. The van der Waals surface area contributed by atoms with Crippen molar-refractivity contribution in [2.75, 3.05) is 13.1 Å². The van der Waals surface area contributed by atoms with Crippen molar-refractivity contribution in [3.63, 3.8) is 0 Å². The Hall–Kier alpha value is -0.780. The largest absolute Gasteiger partial charge is 0.478 e. The molecule has 1 fully saturated rings. The van der Waals surface area contributed by atoms with Gasteiger partial charge in [-0.25, -0.2) is 4.79 Å². The lowest BCUT2D eigenvalue weighted by Crippen LogP contribution is -2.29. The molecule has 1 aromatic rings. The molecular weight excluding hydrogens is 265 g/mol. The lowest BCUT2D eigenvalue weighted by molar-refractivity contribution is 0.0696. The zero-order valence-corrected chi connectivity index (χ0v) is 11.0. The topological polar surface area (TPSA) is 67.1 Å². The van der Waals surface area contributed by atoms with Gasteiger partial charge < -0.3 is 10.4 Å². The highest BCUT2D eigenvalue weighted by Crippen LogP contribution is 2.14. The van der Waals surface area contributed by atoms with Crippen molar-refractivity contribution in [2.24, 2.45) is 5.92 Å². The summed E-state index contributed by atoms with van der Waals surface area (Å²) in [7, 11) is 0. The first-order chi connectivity index (χ1) is 7.25. The van der Waals surface area contributed by atoms with Crippen LogP contribution in [0.15, 0.2) is 12.4 Å². The van der Waals surface area contributed by atoms with E-state index >= 15 is 0 Å². The monoisotopic (exact) mass is 281 g/mol. The zero-order valence-electron chi connectivity index (χ0n) is 9.33. The van der Waals surface area contributed by atoms with Crippen molar-refractivity contribution in [3.8, 4) is 0 Å². The van der Waals surface area contributed by atoms with Gasteiger partial charge in [0.25, 0.3) is 0 Å².